The number of thiophene rings is 1. The summed E-state index contributed by atoms with van der Waals surface area (Å²) in [5, 5.41) is 5.01. The van der Waals surface area contributed by atoms with E-state index in [2.05, 4.69) is 24.4 Å². The highest BCUT2D eigenvalue weighted by molar-refractivity contribution is 7.15. The smallest absolute Gasteiger partial charge is 0.341 e. The van der Waals surface area contributed by atoms with Crippen LogP contribution in [0.3, 0.4) is 0 Å². The molecule has 0 aliphatic carbocycles. The molecule has 0 fully saturated rings. The van der Waals surface area contributed by atoms with Gasteiger partial charge in [0, 0.05) is 17.4 Å². The average Bonchev–Trinajstić information content (AvgIpc) is 3.22. The highest BCUT2D eigenvalue weighted by atomic mass is 32.1. The van der Waals surface area contributed by atoms with Crippen molar-refractivity contribution in [3.8, 4) is 16.9 Å². The number of carbonyl (C=O) groups is 2. The van der Waals surface area contributed by atoms with Crippen LogP contribution in [0.4, 0.5) is 9.39 Å². The monoisotopic (exact) mass is 469 g/mol. The molecule has 3 aromatic rings. The zero-order valence-corrected chi connectivity index (χ0v) is 19.7. The lowest BCUT2D eigenvalue weighted by atomic mass is 10.0. The van der Waals surface area contributed by atoms with Gasteiger partial charge >= 0.3 is 5.97 Å². The van der Waals surface area contributed by atoms with Crippen molar-refractivity contribution in [2.45, 2.75) is 39.5 Å². The van der Waals surface area contributed by atoms with Crippen molar-refractivity contribution in [2.75, 3.05) is 18.5 Å². The van der Waals surface area contributed by atoms with Gasteiger partial charge in [-0.2, -0.15) is 0 Å². The Morgan fingerprint density at radius 1 is 1.03 bits per heavy atom. The van der Waals surface area contributed by atoms with Crippen molar-refractivity contribution in [2.24, 2.45) is 0 Å². The molecule has 1 amide bonds. The van der Waals surface area contributed by atoms with Gasteiger partial charge in [-0.25, -0.2) is 9.18 Å². The van der Waals surface area contributed by atoms with Crippen LogP contribution < -0.4 is 10.1 Å². The molecule has 0 saturated heterocycles. The first-order valence-electron chi connectivity index (χ1n) is 11.1. The second-order valence-electron chi connectivity index (χ2n) is 7.48. The fraction of sp³-hybridized carbons (Fsp3) is 0.308. The minimum atomic E-state index is -0.525. The summed E-state index contributed by atoms with van der Waals surface area (Å²) in [6.45, 7) is 4.49. The summed E-state index contributed by atoms with van der Waals surface area (Å²) in [6.07, 6.45) is 2.93. The van der Waals surface area contributed by atoms with Crippen molar-refractivity contribution < 1.29 is 23.5 Å². The van der Waals surface area contributed by atoms with Gasteiger partial charge in [0.25, 0.3) is 0 Å². The number of nitrogens with one attached hydrogen (secondary N) is 1. The van der Waals surface area contributed by atoms with Crippen LogP contribution in [0.5, 0.6) is 5.75 Å². The summed E-state index contributed by atoms with van der Waals surface area (Å²) in [4.78, 5) is 25.1. The number of ether oxygens (including phenoxy) is 2. The molecule has 2 aromatic carbocycles. The highest BCUT2D eigenvalue weighted by Gasteiger charge is 2.22. The fourth-order valence-electron chi connectivity index (χ4n) is 3.35. The summed E-state index contributed by atoms with van der Waals surface area (Å²) in [5.41, 5.74) is 2.83. The number of carbonyl (C=O) groups excluding carboxylic acids is 2. The summed E-state index contributed by atoms with van der Waals surface area (Å²) in [5.74, 6) is -0.320. The number of anilines is 1. The number of benzene rings is 2. The number of halogens is 1. The van der Waals surface area contributed by atoms with Crippen molar-refractivity contribution in [1.82, 2.24) is 0 Å². The van der Waals surface area contributed by atoms with Crippen molar-refractivity contribution in [3.63, 3.8) is 0 Å². The Balaban J connectivity index is 1.59. The lowest BCUT2D eigenvalue weighted by Crippen LogP contribution is -2.15. The lowest BCUT2D eigenvalue weighted by Gasteiger charge is -2.09. The molecule has 0 aliphatic heterocycles. The Bertz CT molecular complexity index is 1060. The summed E-state index contributed by atoms with van der Waals surface area (Å²) in [6, 6.07) is 13.8. The van der Waals surface area contributed by atoms with Gasteiger partial charge in [0.15, 0.2) is 0 Å². The Morgan fingerprint density at radius 2 is 1.76 bits per heavy atom. The first-order valence-corrected chi connectivity index (χ1v) is 12.0. The minimum absolute atomic E-state index is 0.210. The van der Waals surface area contributed by atoms with Gasteiger partial charge in [-0.15, -0.1) is 11.3 Å². The molecule has 174 valence electrons. The molecule has 0 aliphatic rings. The van der Waals surface area contributed by atoms with E-state index >= 15 is 0 Å². The predicted octanol–water partition coefficient (Wildman–Crippen LogP) is 6.48. The maximum atomic E-state index is 13.3. The molecule has 0 saturated carbocycles. The molecule has 0 spiro atoms. The number of aryl methyl sites for hydroxylation is 1. The number of rotatable bonds is 11. The summed E-state index contributed by atoms with van der Waals surface area (Å²) >= 11 is 1.24. The van der Waals surface area contributed by atoms with E-state index in [1.807, 2.05) is 12.1 Å². The van der Waals surface area contributed by atoms with Crippen LogP contribution in [-0.2, 0) is 16.0 Å². The number of hydrogen-bond donors (Lipinski definition) is 1. The molecule has 3 rings (SSSR count). The molecule has 1 heterocycles. The molecule has 7 heteroatoms. The van der Waals surface area contributed by atoms with E-state index < -0.39 is 5.97 Å². The van der Waals surface area contributed by atoms with Crippen LogP contribution in [-0.4, -0.2) is 25.1 Å². The topological polar surface area (TPSA) is 64.6 Å². The molecule has 1 N–H and O–H groups in total. The van der Waals surface area contributed by atoms with Crippen LogP contribution >= 0.6 is 11.3 Å². The van der Waals surface area contributed by atoms with E-state index in [9.17, 15) is 14.0 Å². The van der Waals surface area contributed by atoms with Crippen LogP contribution in [0.1, 0.15) is 49.0 Å². The Kier molecular flexibility index (Phi) is 9.01. The van der Waals surface area contributed by atoms with E-state index in [-0.39, 0.29) is 30.3 Å². The van der Waals surface area contributed by atoms with Crippen LogP contribution in [0.25, 0.3) is 11.1 Å². The third-order valence-electron chi connectivity index (χ3n) is 4.96. The van der Waals surface area contributed by atoms with Crippen LogP contribution in [0.15, 0.2) is 53.9 Å². The molecular weight excluding hydrogens is 441 g/mol. The van der Waals surface area contributed by atoms with Crippen LogP contribution in [0.2, 0.25) is 0 Å². The van der Waals surface area contributed by atoms with Crippen molar-refractivity contribution in [1.29, 1.82) is 0 Å². The van der Waals surface area contributed by atoms with E-state index in [1.165, 1.54) is 29.0 Å². The Hall–Kier alpha value is -3.19. The average molecular weight is 470 g/mol. The number of hydrogen-bond acceptors (Lipinski definition) is 5. The first kappa shape index (κ1) is 24.5. The summed E-state index contributed by atoms with van der Waals surface area (Å²) < 4.78 is 24.2. The molecule has 0 radical (unpaired) electrons. The van der Waals surface area contributed by atoms with Crippen molar-refractivity contribution >= 4 is 28.2 Å². The zero-order chi connectivity index (χ0) is 23.6. The van der Waals surface area contributed by atoms with E-state index in [0.717, 1.165) is 18.6 Å². The third-order valence-corrected chi connectivity index (χ3v) is 5.85. The van der Waals surface area contributed by atoms with E-state index in [0.29, 0.717) is 29.2 Å². The SMILES string of the molecule is CCCc1ccc(OCCCC(=O)Nc2scc(-c3ccc(F)cc3)c2C(=O)OCC)cc1. The molecular formula is C26H28FNO4S. The van der Waals surface area contributed by atoms with E-state index in [1.54, 1.807) is 24.4 Å². The maximum Gasteiger partial charge on any atom is 0.341 e. The van der Waals surface area contributed by atoms with Gasteiger partial charge in [-0.1, -0.05) is 37.6 Å². The fourth-order valence-corrected chi connectivity index (χ4v) is 4.32. The first-order chi connectivity index (χ1) is 16.0. The molecule has 0 atom stereocenters. The third kappa shape index (κ3) is 6.89. The predicted molar refractivity (Wildman–Crippen MR) is 129 cm³/mol. The minimum Gasteiger partial charge on any atom is -0.494 e. The van der Waals surface area contributed by atoms with Gasteiger partial charge in [0.2, 0.25) is 5.91 Å². The van der Waals surface area contributed by atoms with Gasteiger partial charge < -0.3 is 14.8 Å². The second-order valence-corrected chi connectivity index (χ2v) is 8.35. The summed E-state index contributed by atoms with van der Waals surface area (Å²) in [7, 11) is 0. The molecule has 5 nitrogen and oxygen atoms in total. The molecule has 0 unspecified atom stereocenters. The maximum absolute atomic E-state index is 13.3. The highest BCUT2D eigenvalue weighted by Crippen LogP contribution is 2.36. The molecule has 1 aromatic heterocycles. The lowest BCUT2D eigenvalue weighted by molar-refractivity contribution is -0.116. The van der Waals surface area contributed by atoms with Gasteiger partial charge in [-0.3, -0.25) is 4.79 Å². The molecule has 33 heavy (non-hydrogen) atoms. The largest absolute Gasteiger partial charge is 0.494 e. The zero-order valence-electron chi connectivity index (χ0n) is 18.9. The quantitative estimate of drug-likeness (QED) is 0.258. The Morgan fingerprint density at radius 3 is 2.42 bits per heavy atom. The second kappa shape index (κ2) is 12.2. The van der Waals surface area contributed by atoms with Crippen molar-refractivity contribution in [3.05, 3.63) is 70.9 Å². The van der Waals surface area contributed by atoms with Gasteiger partial charge in [-0.05, 0) is 55.2 Å². The standard InChI is InChI=1S/C26H28FNO4S/c1-3-6-18-8-14-21(15-9-18)32-16-5-7-23(29)28-25-24(26(30)31-4-2)22(17-33-25)19-10-12-20(27)13-11-19/h8-15,17H,3-7,16H2,1-2H3,(H,28,29). The number of esters is 1. The molecule has 0 bridgehead atoms. The van der Waals surface area contributed by atoms with Crippen LogP contribution in [0, 0.1) is 5.82 Å². The van der Waals surface area contributed by atoms with Gasteiger partial charge in [0.1, 0.15) is 22.1 Å². The number of amides is 1. The van der Waals surface area contributed by atoms with E-state index in [4.69, 9.17) is 9.47 Å². The Labute approximate surface area is 197 Å². The van der Waals surface area contributed by atoms with Gasteiger partial charge in [0.05, 0.1) is 13.2 Å². The normalized spacial score (nSPS) is 10.6.